The molecule has 1 unspecified atom stereocenters. The maximum absolute atomic E-state index is 14.1. The minimum absolute atomic E-state index is 0.0158. The van der Waals surface area contributed by atoms with Gasteiger partial charge in [0.05, 0.1) is 12.5 Å². The third-order valence-electron chi connectivity index (χ3n) is 4.27. The van der Waals surface area contributed by atoms with Gasteiger partial charge >= 0.3 is 12.6 Å². The van der Waals surface area contributed by atoms with Crippen molar-refractivity contribution < 1.29 is 27.4 Å². The third-order valence-corrected chi connectivity index (χ3v) is 4.27. The molecule has 0 aromatic heterocycles. The monoisotopic (exact) mass is 387 g/mol. The number of piperidine rings is 1. The molecule has 1 N–H and O–H groups in total. The van der Waals surface area contributed by atoms with Crippen LogP contribution in [-0.2, 0) is 16.1 Å². The Labute approximate surface area is 156 Å². The van der Waals surface area contributed by atoms with Crippen LogP contribution in [0.2, 0.25) is 0 Å². The van der Waals surface area contributed by atoms with E-state index in [4.69, 9.17) is 4.74 Å². The Balaban J connectivity index is 2.05. The normalized spacial score (nSPS) is 17.8. The summed E-state index contributed by atoms with van der Waals surface area (Å²) in [7, 11) is 1.56. The van der Waals surface area contributed by atoms with Crippen LogP contribution in [0.15, 0.2) is 23.2 Å². The Bertz CT molecular complexity index is 670. The second-order valence-electron chi connectivity index (χ2n) is 6.03. The molecule has 2 rings (SSSR count). The van der Waals surface area contributed by atoms with Gasteiger partial charge in [0, 0.05) is 32.2 Å². The SMILES string of the molecule is CCOC(=O)C1CCCN(C(=NC)NCc2c(F)cccc2OC(F)F)C1. The molecule has 0 saturated carbocycles. The van der Waals surface area contributed by atoms with Gasteiger partial charge in [-0.3, -0.25) is 9.79 Å². The van der Waals surface area contributed by atoms with Crippen LogP contribution < -0.4 is 10.1 Å². The van der Waals surface area contributed by atoms with Crippen molar-refractivity contribution in [1.29, 1.82) is 0 Å². The van der Waals surface area contributed by atoms with Gasteiger partial charge in [0.2, 0.25) is 0 Å². The van der Waals surface area contributed by atoms with E-state index in [1.807, 2.05) is 4.90 Å². The minimum Gasteiger partial charge on any atom is -0.466 e. The second kappa shape index (κ2) is 10.0. The summed E-state index contributed by atoms with van der Waals surface area (Å²) in [5, 5.41) is 2.96. The lowest BCUT2D eigenvalue weighted by molar-refractivity contribution is -0.149. The predicted octanol–water partition coefficient (Wildman–Crippen LogP) is 2.78. The maximum Gasteiger partial charge on any atom is 0.387 e. The number of likely N-dealkylation sites (tertiary alicyclic amines) is 1. The smallest absolute Gasteiger partial charge is 0.387 e. The van der Waals surface area contributed by atoms with Gasteiger partial charge < -0.3 is 19.7 Å². The summed E-state index contributed by atoms with van der Waals surface area (Å²) in [5.41, 5.74) is -0.0158. The van der Waals surface area contributed by atoms with E-state index in [9.17, 15) is 18.0 Å². The third kappa shape index (κ3) is 5.77. The maximum atomic E-state index is 14.1. The lowest BCUT2D eigenvalue weighted by Crippen LogP contribution is -2.48. The summed E-state index contributed by atoms with van der Waals surface area (Å²) in [6.07, 6.45) is 1.51. The Morgan fingerprint density at radius 3 is 2.89 bits per heavy atom. The minimum atomic E-state index is -3.04. The predicted molar refractivity (Wildman–Crippen MR) is 94.2 cm³/mol. The van der Waals surface area contributed by atoms with Gasteiger partial charge in [0.15, 0.2) is 5.96 Å². The quantitative estimate of drug-likeness (QED) is 0.462. The Kier molecular flexibility index (Phi) is 7.75. The zero-order valence-electron chi connectivity index (χ0n) is 15.4. The zero-order valence-corrected chi connectivity index (χ0v) is 15.4. The number of nitrogens with zero attached hydrogens (tertiary/aromatic N) is 2. The van der Waals surface area contributed by atoms with Crippen LogP contribution in [0, 0.1) is 11.7 Å². The highest BCUT2D eigenvalue weighted by Crippen LogP contribution is 2.24. The number of alkyl halides is 2. The highest BCUT2D eigenvalue weighted by atomic mass is 19.3. The van der Waals surface area contributed by atoms with E-state index in [0.29, 0.717) is 25.7 Å². The number of aliphatic imine (C=N–C) groups is 1. The first-order valence-electron chi connectivity index (χ1n) is 8.80. The fourth-order valence-corrected chi connectivity index (χ4v) is 3.04. The van der Waals surface area contributed by atoms with Crippen LogP contribution in [0.1, 0.15) is 25.3 Å². The average Bonchev–Trinajstić information content (AvgIpc) is 2.64. The molecule has 1 aliphatic heterocycles. The second-order valence-corrected chi connectivity index (χ2v) is 6.03. The van der Waals surface area contributed by atoms with Crippen LogP contribution in [0.5, 0.6) is 5.75 Å². The van der Waals surface area contributed by atoms with E-state index in [2.05, 4.69) is 15.0 Å². The van der Waals surface area contributed by atoms with Crippen LogP contribution >= 0.6 is 0 Å². The van der Waals surface area contributed by atoms with Crippen LogP contribution in [0.3, 0.4) is 0 Å². The molecule has 0 spiro atoms. The van der Waals surface area contributed by atoms with Gasteiger partial charge in [-0.1, -0.05) is 6.07 Å². The summed E-state index contributed by atoms with van der Waals surface area (Å²) < 4.78 is 48.6. The molecule has 0 bridgehead atoms. The van der Waals surface area contributed by atoms with E-state index >= 15 is 0 Å². The number of esters is 1. The molecular formula is C18H24F3N3O3. The van der Waals surface area contributed by atoms with E-state index in [-0.39, 0.29) is 29.7 Å². The largest absolute Gasteiger partial charge is 0.466 e. The summed E-state index contributed by atoms with van der Waals surface area (Å²) in [4.78, 5) is 18.0. The molecule has 1 heterocycles. The van der Waals surface area contributed by atoms with Gasteiger partial charge in [-0.25, -0.2) is 4.39 Å². The lowest BCUT2D eigenvalue weighted by atomic mass is 9.98. The Morgan fingerprint density at radius 2 is 2.22 bits per heavy atom. The van der Waals surface area contributed by atoms with Crippen molar-refractivity contribution >= 4 is 11.9 Å². The van der Waals surface area contributed by atoms with Crippen molar-refractivity contribution in [3.8, 4) is 5.75 Å². The standard InChI is InChI=1S/C18H24F3N3O3/c1-3-26-16(25)12-6-5-9-24(11-12)18(22-2)23-10-13-14(19)7-4-8-15(13)27-17(20)21/h4,7-8,12,17H,3,5-6,9-11H2,1-2H3,(H,22,23). The summed E-state index contributed by atoms with van der Waals surface area (Å²) in [5.74, 6) is -0.937. The molecule has 1 aromatic carbocycles. The number of nitrogens with one attached hydrogen (secondary N) is 1. The molecule has 27 heavy (non-hydrogen) atoms. The molecule has 1 saturated heterocycles. The van der Waals surface area contributed by atoms with Crippen LogP contribution in [0.25, 0.3) is 0 Å². The topological polar surface area (TPSA) is 63.2 Å². The Hall–Kier alpha value is -2.45. The molecule has 150 valence electrons. The number of ether oxygens (including phenoxy) is 2. The molecule has 1 atom stereocenters. The van der Waals surface area contributed by atoms with Gasteiger partial charge in [-0.2, -0.15) is 8.78 Å². The van der Waals surface area contributed by atoms with Crippen molar-refractivity contribution in [2.45, 2.75) is 32.9 Å². The first kappa shape index (κ1) is 20.9. The van der Waals surface area contributed by atoms with Gasteiger partial charge in [-0.15, -0.1) is 0 Å². The first-order valence-corrected chi connectivity index (χ1v) is 8.80. The number of benzene rings is 1. The lowest BCUT2D eigenvalue weighted by Gasteiger charge is -2.34. The summed E-state index contributed by atoms with van der Waals surface area (Å²) in [6.45, 7) is 0.0534. The molecule has 0 radical (unpaired) electrons. The number of hydrogen-bond donors (Lipinski definition) is 1. The number of halogens is 3. The van der Waals surface area contributed by atoms with Crippen molar-refractivity contribution in [3.63, 3.8) is 0 Å². The van der Waals surface area contributed by atoms with Crippen molar-refractivity contribution in [3.05, 3.63) is 29.6 Å². The number of carbonyl (C=O) groups is 1. The fourth-order valence-electron chi connectivity index (χ4n) is 3.04. The van der Waals surface area contributed by atoms with E-state index in [0.717, 1.165) is 12.8 Å². The highest BCUT2D eigenvalue weighted by molar-refractivity contribution is 5.81. The van der Waals surface area contributed by atoms with E-state index < -0.39 is 12.4 Å². The van der Waals surface area contributed by atoms with Crippen molar-refractivity contribution in [1.82, 2.24) is 10.2 Å². The van der Waals surface area contributed by atoms with Gasteiger partial charge in [0.1, 0.15) is 11.6 Å². The number of hydrogen-bond acceptors (Lipinski definition) is 4. The fraction of sp³-hybridized carbons (Fsp3) is 0.556. The molecule has 1 fully saturated rings. The first-order chi connectivity index (χ1) is 13.0. The average molecular weight is 387 g/mol. The molecule has 0 aliphatic carbocycles. The van der Waals surface area contributed by atoms with Crippen LogP contribution in [-0.4, -0.2) is 50.2 Å². The summed E-state index contributed by atoms with van der Waals surface area (Å²) >= 11 is 0. The van der Waals surface area contributed by atoms with Gasteiger partial charge in [-0.05, 0) is 31.9 Å². The number of carbonyl (C=O) groups excluding carboxylic acids is 1. The van der Waals surface area contributed by atoms with E-state index in [1.54, 1.807) is 14.0 Å². The number of guanidine groups is 1. The van der Waals surface area contributed by atoms with Gasteiger partial charge in [0.25, 0.3) is 0 Å². The molecule has 1 aliphatic rings. The number of rotatable bonds is 6. The molecule has 6 nitrogen and oxygen atoms in total. The molecule has 9 heteroatoms. The van der Waals surface area contributed by atoms with Crippen LogP contribution in [0.4, 0.5) is 13.2 Å². The molecule has 1 aromatic rings. The highest BCUT2D eigenvalue weighted by Gasteiger charge is 2.28. The zero-order chi connectivity index (χ0) is 19.8. The Morgan fingerprint density at radius 1 is 1.44 bits per heavy atom. The summed E-state index contributed by atoms with van der Waals surface area (Å²) in [6, 6.07) is 3.77. The molecule has 0 amide bonds. The van der Waals surface area contributed by atoms with Crippen molar-refractivity contribution in [2.75, 3.05) is 26.7 Å². The van der Waals surface area contributed by atoms with E-state index in [1.165, 1.54) is 18.2 Å². The molecular weight excluding hydrogens is 363 g/mol. The van der Waals surface area contributed by atoms with Crippen molar-refractivity contribution in [2.24, 2.45) is 10.9 Å².